The fourth-order valence-electron chi connectivity index (χ4n) is 1.46. The van der Waals surface area contributed by atoms with E-state index >= 15 is 0 Å². The zero-order valence-corrected chi connectivity index (χ0v) is 14.2. The number of aryl methyl sites for hydroxylation is 2. The van der Waals surface area contributed by atoms with Crippen molar-refractivity contribution in [3.8, 4) is 0 Å². The van der Waals surface area contributed by atoms with E-state index in [4.69, 9.17) is 11.6 Å². The molecule has 0 aliphatic carbocycles. The molecule has 3 nitrogen and oxygen atoms in total. The summed E-state index contributed by atoms with van der Waals surface area (Å²) in [7, 11) is -3.60. The van der Waals surface area contributed by atoms with Crippen LogP contribution in [0.2, 0.25) is 5.02 Å². The van der Waals surface area contributed by atoms with Gasteiger partial charge in [-0.3, -0.25) is 4.72 Å². The smallest absolute Gasteiger partial charge is 0.271 e. The number of nitrogens with one attached hydrogen (secondary N) is 1. The van der Waals surface area contributed by atoms with Crippen molar-refractivity contribution < 1.29 is 8.42 Å². The first-order valence-corrected chi connectivity index (χ1v) is 8.81. The molecule has 0 aliphatic heterocycles. The van der Waals surface area contributed by atoms with Crippen LogP contribution < -0.4 is 4.72 Å². The van der Waals surface area contributed by atoms with Crippen LogP contribution in [0.1, 0.15) is 11.1 Å². The van der Waals surface area contributed by atoms with Crippen LogP contribution in [0.3, 0.4) is 0 Å². The topological polar surface area (TPSA) is 46.2 Å². The molecule has 19 heavy (non-hydrogen) atoms. The maximum atomic E-state index is 12.2. The molecular weight excluding hydrogens is 370 g/mol. The van der Waals surface area contributed by atoms with Gasteiger partial charge in [-0.1, -0.05) is 17.7 Å². The zero-order chi connectivity index (χ0) is 14.2. The summed E-state index contributed by atoms with van der Waals surface area (Å²) in [5.41, 5.74) is 2.25. The molecule has 1 N–H and O–H groups in total. The van der Waals surface area contributed by atoms with Gasteiger partial charge in [0.05, 0.1) is 14.5 Å². The van der Waals surface area contributed by atoms with Crippen LogP contribution in [0, 0.1) is 13.8 Å². The van der Waals surface area contributed by atoms with E-state index in [1.807, 2.05) is 13.8 Å². The molecule has 102 valence electrons. The molecule has 0 amide bonds. The van der Waals surface area contributed by atoms with Crippen molar-refractivity contribution in [1.29, 1.82) is 0 Å². The molecule has 1 heterocycles. The molecule has 1 aromatic heterocycles. The highest BCUT2D eigenvalue weighted by Gasteiger charge is 2.19. The summed E-state index contributed by atoms with van der Waals surface area (Å²) < 4.78 is 28.0. The predicted octanol–water partition coefficient (Wildman–Crippen LogP) is 4.58. The third kappa shape index (κ3) is 3.31. The predicted molar refractivity (Wildman–Crippen MR) is 83.8 cm³/mol. The Morgan fingerprint density at radius 1 is 1.26 bits per heavy atom. The largest absolute Gasteiger partial charge is 0.277 e. The summed E-state index contributed by atoms with van der Waals surface area (Å²) >= 11 is 10.5. The lowest BCUT2D eigenvalue weighted by atomic mass is 10.2. The molecule has 0 saturated carbocycles. The lowest BCUT2D eigenvalue weighted by molar-refractivity contribution is 0.603. The molecule has 0 fully saturated rings. The maximum absolute atomic E-state index is 12.2. The molecule has 2 aromatic rings. The molecule has 0 aliphatic rings. The number of hydrogen-bond donors (Lipinski definition) is 1. The first-order valence-electron chi connectivity index (χ1n) is 5.34. The van der Waals surface area contributed by atoms with E-state index in [1.165, 1.54) is 11.3 Å². The fourth-order valence-corrected chi connectivity index (χ4v) is 5.11. The highest BCUT2D eigenvalue weighted by atomic mass is 79.9. The van der Waals surface area contributed by atoms with Gasteiger partial charge >= 0.3 is 0 Å². The lowest BCUT2D eigenvalue weighted by Crippen LogP contribution is -2.11. The summed E-state index contributed by atoms with van der Waals surface area (Å²) in [5.74, 6) is 0. The van der Waals surface area contributed by atoms with Gasteiger partial charge in [0.1, 0.15) is 4.21 Å². The van der Waals surface area contributed by atoms with Gasteiger partial charge in [-0.05, 0) is 59.1 Å². The molecule has 0 unspecified atom stereocenters. The Morgan fingerprint density at radius 3 is 2.47 bits per heavy atom. The number of halogens is 2. The van der Waals surface area contributed by atoms with Gasteiger partial charge in [-0.25, -0.2) is 8.42 Å². The van der Waals surface area contributed by atoms with E-state index in [-0.39, 0.29) is 4.21 Å². The van der Waals surface area contributed by atoms with Gasteiger partial charge in [-0.2, -0.15) is 0 Å². The molecule has 0 saturated heterocycles. The zero-order valence-electron chi connectivity index (χ0n) is 10.2. The van der Waals surface area contributed by atoms with Crippen molar-refractivity contribution in [2.24, 2.45) is 0 Å². The fraction of sp³-hybridized carbons (Fsp3) is 0.167. The Morgan fingerprint density at radius 2 is 1.95 bits per heavy atom. The average Bonchev–Trinajstić information content (AvgIpc) is 2.64. The Labute approximate surface area is 129 Å². The van der Waals surface area contributed by atoms with Gasteiger partial charge in [0, 0.05) is 0 Å². The molecule has 0 atom stereocenters. The van der Waals surface area contributed by atoms with Crippen LogP contribution >= 0.6 is 38.9 Å². The Hall–Kier alpha value is -0.560. The van der Waals surface area contributed by atoms with Crippen molar-refractivity contribution in [3.63, 3.8) is 0 Å². The summed E-state index contributed by atoms with van der Waals surface area (Å²) in [6.45, 7) is 3.74. The maximum Gasteiger partial charge on any atom is 0.271 e. The van der Waals surface area contributed by atoms with Crippen LogP contribution in [0.4, 0.5) is 5.69 Å². The minimum Gasteiger partial charge on any atom is -0.277 e. The van der Waals surface area contributed by atoms with Crippen molar-refractivity contribution in [1.82, 2.24) is 0 Å². The number of anilines is 1. The van der Waals surface area contributed by atoms with Crippen molar-refractivity contribution in [3.05, 3.63) is 44.2 Å². The van der Waals surface area contributed by atoms with Gasteiger partial charge in [0.25, 0.3) is 10.0 Å². The highest BCUT2D eigenvalue weighted by molar-refractivity contribution is 9.11. The van der Waals surface area contributed by atoms with Crippen LogP contribution in [0.15, 0.2) is 32.3 Å². The molecule has 0 spiro atoms. The van der Waals surface area contributed by atoms with E-state index < -0.39 is 10.0 Å². The molecule has 2 rings (SSSR count). The third-order valence-electron chi connectivity index (χ3n) is 2.47. The first kappa shape index (κ1) is 14.8. The average molecular weight is 381 g/mol. The van der Waals surface area contributed by atoms with E-state index in [2.05, 4.69) is 20.7 Å². The van der Waals surface area contributed by atoms with Crippen molar-refractivity contribution in [2.45, 2.75) is 18.1 Å². The van der Waals surface area contributed by atoms with E-state index in [1.54, 1.807) is 24.3 Å². The Balaban J connectivity index is 2.36. The monoisotopic (exact) mass is 379 g/mol. The van der Waals surface area contributed by atoms with Crippen molar-refractivity contribution in [2.75, 3.05) is 4.72 Å². The molecule has 0 radical (unpaired) electrons. The minimum atomic E-state index is -3.60. The molecular formula is C12H11BrClNO2S2. The Kier molecular flexibility index (Phi) is 4.25. The number of rotatable bonds is 3. The molecule has 0 bridgehead atoms. The summed E-state index contributed by atoms with van der Waals surface area (Å²) in [5, 5.41) is 0.385. The van der Waals surface area contributed by atoms with Gasteiger partial charge < -0.3 is 0 Å². The number of sulfonamides is 1. The lowest BCUT2D eigenvalue weighted by Gasteiger charge is -2.08. The standard InChI is InChI=1S/C12H11BrClNO2S2/c1-7-3-4-10(9(14)5-7)15-19(16,17)11-6-8(2)12(13)18-11/h3-6,15H,1-2H3. The Bertz CT molecular complexity index is 706. The minimum absolute atomic E-state index is 0.258. The second kappa shape index (κ2) is 5.44. The second-order valence-corrected chi connectivity index (χ2v) is 8.80. The van der Waals surface area contributed by atoms with Gasteiger partial charge in [0.15, 0.2) is 0 Å². The third-order valence-corrected chi connectivity index (χ3v) is 6.76. The first-order chi connectivity index (χ1) is 8.79. The normalized spacial score (nSPS) is 11.6. The van der Waals surface area contributed by atoms with Gasteiger partial charge in [0.2, 0.25) is 0 Å². The SMILES string of the molecule is Cc1ccc(NS(=O)(=O)c2cc(C)c(Br)s2)c(Cl)c1. The molecule has 1 aromatic carbocycles. The van der Waals surface area contributed by atoms with Crippen LogP contribution in [-0.4, -0.2) is 8.42 Å². The van der Waals surface area contributed by atoms with Crippen LogP contribution in [-0.2, 0) is 10.0 Å². The summed E-state index contributed by atoms with van der Waals surface area (Å²) in [6.07, 6.45) is 0. The number of hydrogen-bond acceptors (Lipinski definition) is 3. The van der Waals surface area contributed by atoms with E-state index in [0.29, 0.717) is 10.7 Å². The number of thiophene rings is 1. The van der Waals surface area contributed by atoms with Crippen LogP contribution in [0.25, 0.3) is 0 Å². The second-order valence-electron chi connectivity index (χ2n) is 4.11. The van der Waals surface area contributed by atoms with E-state index in [0.717, 1.165) is 14.9 Å². The van der Waals surface area contributed by atoms with Gasteiger partial charge in [-0.15, -0.1) is 11.3 Å². The quantitative estimate of drug-likeness (QED) is 0.847. The highest BCUT2D eigenvalue weighted by Crippen LogP contribution is 2.32. The van der Waals surface area contributed by atoms with E-state index in [9.17, 15) is 8.42 Å². The number of benzene rings is 1. The summed E-state index contributed by atoms with van der Waals surface area (Å²) in [4.78, 5) is 0. The summed E-state index contributed by atoms with van der Waals surface area (Å²) in [6, 6.07) is 6.80. The molecule has 7 heteroatoms. The van der Waals surface area contributed by atoms with Crippen LogP contribution in [0.5, 0.6) is 0 Å². The van der Waals surface area contributed by atoms with Crippen molar-refractivity contribution >= 4 is 54.6 Å².